The van der Waals surface area contributed by atoms with Crippen LogP contribution in [-0.4, -0.2) is 17.7 Å². The highest BCUT2D eigenvalue weighted by Crippen LogP contribution is 2.02. The molecule has 0 aromatic rings. The molecule has 82 valence electrons. The molecule has 0 unspecified atom stereocenters. The molecule has 0 saturated heterocycles. The van der Waals surface area contributed by atoms with E-state index in [1.165, 1.54) is 19.8 Å². The summed E-state index contributed by atoms with van der Waals surface area (Å²) < 4.78 is 0. The van der Waals surface area contributed by atoms with Gasteiger partial charge in [-0.05, 0) is 20.3 Å². The van der Waals surface area contributed by atoms with Gasteiger partial charge in [0.1, 0.15) is 5.78 Å². The molecule has 0 rings (SSSR count). The van der Waals surface area contributed by atoms with Gasteiger partial charge in [0.25, 0.3) is 0 Å². The number of hydrogen-bond donors (Lipinski definition) is 1. The highest BCUT2D eigenvalue weighted by Gasteiger charge is 2.08. The number of nitrogens with one attached hydrogen (secondary N) is 1. The van der Waals surface area contributed by atoms with Gasteiger partial charge in [-0.3, -0.25) is 9.59 Å². The first-order valence-electron chi connectivity index (χ1n) is 5.35. The molecule has 0 aliphatic heterocycles. The number of rotatable bonds is 7. The van der Waals surface area contributed by atoms with Gasteiger partial charge in [0, 0.05) is 6.04 Å². The molecule has 3 nitrogen and oxygen atoms in total. The topological polar surface area (TPSA) is 46.2 Å². The van der Waals surface area contributed by atoms with Gasteiger partial charge in [-0.25, -0.2) is 0 Å². The third-order valence-corrected chi connectivity index (χ3v) is 2.06. The van der Waals surface area contributed by atoms with Crippen LogP contribution in [0.5, 0.6) is 0 Å². The summed E-state index contributed by atoms with van der Waals surface area (Å²) in [6.07, 6.45) is 4.54. The molecule has 0 aromatic carbocycles. The monoisotopic (exact) mass is 199 g/mol. The van der Waals surface area contributed by atoms with Crippen molar-refractivity contribution in [3.05, 3.63) is 0 Å². The zero-order valence-corrected chi connectivity index (χ0v) is 9.43. The van der Waals surface area contributed by atoms with Crippen LogP contribution in [0.2, 0.25) is 0 Å². The van der Waals surface area contributed by atoms with E-state index in [4.69, 9.17) is 0 Å². The molecule has 3 heteroatoms. The standard InChI is InChI=1S/C11H21NO2/c1-4-5-6-7-9(2)12-11(14)8-10(3)13/h9H,4-8H2,1-3H3,(H,12,14)/t9-/m1/s1. The summed E-state index contributed by atoms with van der Waals surface area (Å²) >= 11 is 0. The summed E-state index contributed by atoms with van der Waals surface area (Å²) in [5.74, 6) is -0.232. The van der Waals surface area contributed by atoms with Gasteiger partial charge in [-0.1, -0.05) is 26.2 Å². The molecule has 0 bridgehead atoms. The molecule has 0 aromatic heterocycles. The van der Waals surface area contributed by atoms with Crippen LogP contribution in [0.1, 0.15) is 52.9 Å². The Hall–Kier alpha value is -0.860. The molecule has 0 spiro atoms. The van der Waals surface area contributed by atoms with Crippen LogP contribution in [0.4, 0.5) is 0 Å². The van der Waals surface area contributed by atoms with Crippen molar-refractivity contribution in [2.75, 3.05) is 0 Å². The van der Waals surface area contributed by atoms with Crippen LogP contribution in [0, 0.1) is 0 Å². The van der Waals surface area contributed by atoms with E-state index >= 15 is 0 Å². The third-order valence-electron chi connectivity index (χ3n) is 2.06. The summed E-state index contributed by atoms with van der Waals surface area (Å²) in [5.41, 5.74) is 0. The minimum absolute atomic E-state index is 0.0120. The predicted octanol–water partition coefficient (Wildman–Crippen LogP) is 2.05. The number of Topliss-reactive ketones (excluding diaryl/α,β-unsaturated/α-hetero) is 1. The van der Waals surface area contributed by atoms with E-state index in [0.29, 0.717) is 0 Å². The SMILES string of the molecule is CCCCC[C@@H](C)NC(=O)CC(C)=O. The van der Waals surface area contributed by atoms with E-state index in [0.717, 1.165) is 12.8 Å². The second-order valence-corrected chi connectivity index (χ2v) is 3.84. The van der Waals surface area contributed by atoms with Crippen molar-refractivity contribution in [3.8, 4) is 0 Å². The minimum atomic E-state index is -0.151. The first kappa shape index (κ1) is 13.1. The van der Waals surface area contributed by atoms with Gasteiger partial charge < -0.3 is 5.32 Å². The molecule has 1 atom stereocenters. The normalized spacial score (nSPS) is 12.2. The molecular formula is C11H21NO2. The zero-order valence-electron chi connectivity index (χ0n) is 9.43. The van der Waals surface area contributed by atoms with Crippen molar-refractivity contribution >= 4 is 11.7 Å². The number of amides is 1. The average Bonchev–Trinajstić information content (AvgIpc) is 2.02. The van der Waals surface area contributed by atoms with Crippen LogP contribution in [0.3, 0.4) is 0 Å². The Balaban J connectivity index is 3.55. The number of ketones is 1. The van der Waals surface area contributed by atoms with Crippen LogP contribution in [0.15, 0.2) is 0 Å². The quantitative estimate of drug-likeness (QED) is 0.504. The zero-order chi connectivity index (χ0) is 11.0. The van der Waals surface area contributed by atoms with E-state index in [1.54, 1.807) is 0 Å². The molecule has 0 aliphatic carbocycles. The lowest BCUT2D eigenvalue weighted by Gasteiger charge is -2.12. The Morgan fingerprint density at radius 2 is 1.93 bits per heavy atom. The van der Waals surface area contributed by atoms with E-state index in [2.05, 4.69) is 12.2 Å². The van der Waals surface area contributed by atoms with Gasteiger partial charge in [-0.2, -0.15) is 0 Å². The van der Waals surface area contributed by atoms with Crippen molar-refractivity contribution in [1.29, 1.82) is 0 Å². The van der Waals surface area contributed by atoms with Crippen LogP contribution < -0.4 is 5.32 Å². The Kier molecular flexibility index (Phi) is 7.07. The maximum atomic E-state index is 11.2. The fourth-order valence-electron chi connectivity index (χ4n) is 1.32. The Labute approximate surface area is 86.3 Å². The average molecular weight is 199 g/mol. The highest BCUT2D eigenvalue weighted by molar-refractivity contribution is 5.96. The first-order chi connectivity index (χ1) is 6.56. The summed E-state index contributed by atoms with van der Waals surface area (Å²) in [6, 6.07) is 0.188. The fourth-order valence-corrected chi connectivity index (χ4v) is 1.32. The molecule has 0 fully saturated rings. The molecule has 1 amide bonds. The van der Waals surface area contributed by atoms with E-state index < -0.39 is 0 Å². The van der Waals surface area contributed by atoms with Crippen LogP contribution in [-0.2, 0) is 9.59 Å². The van der Waals surface area contributed by atoms with E-state index in [1.807, 2.05) is 6.92 Å². The molecule has 0 heterocycles. The molecule has 1 N–H and O–H groups in total. The van der Waals surface area contributed by atoms with Crippen molar-refractivity contribution < 1.29 is 9.59 Å². The third kappa shape index (κ3) is 7.77. The maximum Gasteiger partial charge on any atom is 0.227 e. The van der Waals surface area contributed by atoms with E-state index in [-0.39, 0.29) is 24.2 Å². The Bertz CT molecular complexity index is 190. The molecule has 14 heavy (non-hydrogen) atoms. The smallest absolute Gasteiger partial charge is 0.227 e. The Morgan fingerprint density at radius 3 is 2.43 bits per heavy atom. The van der Waals surface area contributed by atoms with Crippen molar-refractivity contribution in [1.82, 2.24) is 5.32 Å². The summed E-state index contributed by atoms with van der Waals surface area (Å²) in [7, 11) is 0. The van der Waals surface area contributed by atoms with Gasteiger partial charge in [-0.15, -0.1) is 0 Å². The minimum Gasteiger partial charge on any atom is -0.353 e. The van der Waals surface area contributed by atoms with Crippen LogP contribution >= 0.6 is 0 Å². The summed E-state index contributed by atoms with van der Waals surface area (Å²) in [4.78, 5) is 21.8. The lowest BCUT2D eigenvalue weighted by atomic mass is 10.1. The second-order valence-electron chi connectivity index (χ2n) is 3.84. The van der Waals surface area contributed by atoms with Gasteiger partial charge in [0.05, 0.1) is 6.42 Å². The lowest BCUT2D eigenvalue weighted by molar-refractivity contribution is -0.127. The number of unbranched alkanes of at least 4 members (excludes halogenated alkanes) is 2. The van der Waals surface area contributed by atoms with E-state index in [9.17, 15) is 9.59 Å². The van der Waals surface area contributed by atoms with Gasteiger partial charge >= 0.3 is 0 Å². The number of carbonyl (C=O) groups excluding carboxylic acids is 2. The lowest BCUT2D eigenvalue weighted by Crippen LogP contribution is -2.33. The fraction of sp³-hybridized carbons (Fsp3) is 0.818. The maximum absolute atomic E-state index is 11.2. The van der Waals surface area contributed by atoms with Crippen molar-refractivity contribution in [2.24, 2.45) is 0 Å². The largest absolute Gasteiger partial charge is 0.353 e. The Morgan fingerprint density at radius 1 is 1.29 bits per heavy atom. The first-order valence-corrected chi connectivity index (χ1v) is 5.35. The summed E-state index contributed by atoms with van der Waals surface area (Å²) in [6.45, 7) is 5.56. The van der Waals surface area contributed by atoms with Crippen molar-refractivity contribution in [2.45, 2.75) is 58.9 Å². The number of hydrogen-bond acceptors (Lipinski definition) is 2. The molecule has 0 saturated carbocycles. The van der Waals surface area contributed by atoms with Gasteiger partial charge in [0.2, 0.25) is 5.91 Å². The molecular weight excluding hydrogens is 178 g/mol. The highest BCUT2D eigenvalue weighted by atomic mass is 16.2. The van der Waals surface area contributed by atoms with Gasteiger partial charge in [0.15, 0.2) is 0 Å². The second kappa shape index (κ2) is 7.54. The molecule has 0 aliphatic rings. The van der Waals surface area contributed by atoms with Crippen molar-refractivity contribution in [3.63, 3.8) is 0 Å². The van der Waals surface area contributed by atoms with Crippen LogP contribution in [0.25, 0.3) is 0 Å². The predicted molar refractivity (Wildman–Crippen MR) is 57.0 cm³/mol. The summed E-state index contributed by atoms with van der Waals surface area (Å²) in [5, 5.41) is 2.81. The number of carbonyl (C=O) groups is 2. The molecule has 0 radical (unpaired) electrons.